The van der Waals surface area contributed by atoms with Crippen LogP contribution in [-0.2, 0) is 11.2 Å². The first-order chi connectivity index (χ1) is 11.6. The van der Waals surface area contributed by atoms with Gasteiger partial charge in [-0.3, -0.25) is 9.59 Å². The monoisotopic (exact) mass is 326 g/mol. The standard InChI is InChI=1S/C19H22N2O3/c1-3-14-5-11-17(12-6-14)24-13-18(22)21-16-9-7-15(8-10-16)19(23)20-4-2/h5-12H,3-4,13H2,1-2H3,(H,20,23)(H,21,22). The average molecular weight is 326 g/mol. The van der Waals surface area contributed by atoms with Gasteiger partial charge in [-0.1, -0.05) is 19.1 Å². The van der Waals surface area contributed by atoms with E-state index in [9.17, 15) is 9.59 Å². The highest BCUT2D eigenvalue weighted by Crippen LogP contribution is 2.13. The van der Waals surface area contributed by atoms with Crippen LogP contribution < -0.4 is 15.4 Å². The van der Waals surface area contributed by atoms with Gasteiger partial charge in [0.25, 0.3) is 11.8 Å². The average Bonchev–Trinajstić information content (AvgIpc) is 2.61. The van der Waals surface area contributed by atoms with E-state index in [0.717, 1.165) is 6.42 Å². The maximum Gasteiger partial charge on any atom is 0.262 e. The van der Waals surface area contributed by atoms with Gasteiger partial charge in [-0.05, 0) is 55.3 Å². The molecule has 0 unspecified atom stereocenters. The first-order valence-corrected chi connectivity index (χ1v) is 8.02. The van der Waals surface area contributed by atoms with Crippen LogP contribution in [0.1, 0.15) is 29.8 Å². The van der Waals surface area contributed by atoms with Crippen molar-refractivity contribution < 1.29 is 14.3 Å². The van der Waals surface area contributed by atoms with Gasteiger partial charge in [-0.25, -0.2) is 0 Å². The Bertz CT molecular complexity index is 679. The molecule has 0 bridgehead atoms. The smallest absolute Gasteiger partial charge is 0.262 e. The van der Waals surface area contributed by atoms with Gasteiger partial charge < -0.3 is 15.4 Å². The summed E-state index contributed by atoms with van der Waals surface area (Å²) in [6.07, 6.45) is 0.965. The van der Waals surface area contributed by atoms with Crippen molar-refractivity contribution >= 4 is 17.5 Å². The molecule has 0 aliphatic rings. The zero-order valence-corrected chi connectivity index (χ0v) is 14.0. The molecule has 0 spiro atoms. The second-order valence-corrected chi connectivity index (χ2v) is 5.27. The largest absolute Gasteiger partial charge is 0.484 e. The van der Waals surface area contributed by atoms with Gasteiger partial charge in [0.05, 0.1) is 0 Å². The molecule has 2 aromatic carbocycles. The summed E-state index contributed by atoms with van der Waals surface area (Å²) >= 11 is 0. The fourth-order valence-corrected chi connectivity index (χ4v) is 2.13. The molecule has 0 saturated heterocycles. The summed E-state index contributed by atoms with van der Waals surface area (Å²) in [5, 5.41) is 5.46. The lowest BCUT2D eigenvalue weighted by Crippen LogP contribution is -2.23. The van der Waals surface area contributed by atoms with Gasteiger partial charge in [0.1, 0.15) is 5.75 Å². The number of hydrogen-bond acceptors (Lipinski definition) is 3. The SMILES string of the molecule is CCNC(=O)c1ccc(NC(=O)COc2ccc(CC)cc2)cc1. The Morgan fingerprint density at radius 2 is 1.62 bits per heavy atom. The molecular weight excluding hydrogens is 304 g/mol. The molecule has 0 fully saturated rings. The first kappa shape index (κ1) is 17.5. The number of carbonyl (C=O) groups excluding carboxylic acids is 2. The third kappa shape index (κ3) is 5.12. The molecule has 2 aromatic rings. The van der Waals surface area contributed by atoms with Crippen LogP contribution in [0.5, 0.6) is 5.75 Å². The minimum atomic E-state index is -0.250. The van der Waals surface area contributed by atoms with Crippen LogP contribution in [-0.4, -0.2) is 25.0 Å². The number of benzene rings is 2. The fraction of sp³-hybridized carbons (Fsp3) is 0.263. The lowest BCUT2D eigenvalue weighted by atomic mass is 10.2. The molecule has 5 heteroatoms. The highest BCUT2D eigenvalue weighted by molar-refractivity contribution is 5.96. The molecule has 24 heavy (non-hydrogen) atoms. The van der Waals surface area contributed by atoms with E-state index >= 15 is 0 Å². The lowest BCUT2D eigenvalue weighted by Gasteiger charge is -2.09. The zero-order chi connectivity index (χ0) is 17.4. The van der Waals surface area contributed by atoms with Gasteiger partial charge in [0, 0.05) is 17.8 Å². The van der Waals surface area contributed by atoms with Gasteiger partial charge >= 0.3 is 0 Å². The number of rotatable bonds is 7. The minimum absolute atomic E-state index is 0.0659. The van der Waals surface area contributed by atoms with Crippen LogP contribution in [0.15, 0.2) is 48.5 Å². The molecule has 0 aliphatic heterocycles. The molecule has 5 nitrogen and oxygen atoms in total. The van der Waals surface area contributed by atoms with E-state index in [1.807, 2.05) is 31.2 Å². The molecule has 0 aromatic heterocycles. The Morgan fingerprint density at radius 1 is 0.958 bits per heavy atom. The van der Waals surface area contributed by atoms with Gasteiger partial charge in [-0.15, -0.1) is 0 Å². The maximum absolute atomic E-state index is 11.9. The van der Waals surface area contributed by atoms with Crippen molar-refractivity contribution in [2.45, 2.75) is 20.3 Å². The number of carbonyl (C=O) groups is 2. The second-order valence-electron chi connectivity index (χ2n) is 5.27. The predicted molar refractivity (Wildman–Crippen MR) is 94.4 cm³/mol. The number of hydrogen-bond donors (Lipinski definition) is 2. The third-order valence-electron chi connectivity index (χ3n) is 3.47. The number of nitrogens with one attached hydrogen (secondary N) is 2. The molecule has 0 atom stereocenters. The van der Waals surface area contributed by atoms with E-state index in [4.69, 9.17) is 4.74 Å². The van der Waals surface area contributed by atoms with Crippen LogP contribution in [0, 0.1) is 0 Å². The predicted octanol–water partition coefficient (Wildman–Crippen LogP) is 3.02. The zero-order valence-electron chi connectivity index (χ0n) is 14.0. The summed E-state index contributed by atoms with van der Waals surface area (Å²) in [6, 6.07) is 14.4. The van der Waals surface area contributed by atoms with E-state index in [0.29, 0.717) is 23.5 Å². The highest BCUT2D eigenvalue weighted by Gasteiger charge is 2.06. The molecule has 2 amide bonds. The lowest BCUT2D eigenvalue weighted by molar-refractivity contribution is -0.118. The van der Waals surface area contributed by atoms with Crippen molar-refractivity contribution in [3.63, 3.8) is 0 Å². The quantitative estimate of drug-likeness (QED) is 0.822. The van der Waals surface area contributed by atoms with Crippen LogP contribution in [0.4, 0.5) is 5.69 Å². The van der Waals surface area contributed by atoms with E-state index in [1.165, 1.54) is 5.56 Å². The Hall–Kier alpha value is -2.82. The van der Waals surface area contributed by atoms with Crippen molar-refractivity contribution in [1.82, 2.24) is 5.32 Å². The van der Waals surface area contributed by atoms with Crippen molar-refractivity contribution in [2.24, 2.45) is 0 Å². The summed E-state index contributed by atoms with van der Waals surface area (Å²) < 4.78 is 5.46. The molecule has 0 heterocycles. The molecule has 2 N–H and O–H groups in total. The Morgan fingerprint density at radius 3 is 2.21 bits per heavy atom. The van der Waals surface area contributed by atoms with Crippen LogP contribution in [0.2, 0.25) is 0 Å². The Balaban J connectivity index is 1.84. The summed E-state index contributed by atoms with van der Waals surface area (Å²) in [4.78, 5) is 23.6. The van der Waals surface area contributed by atoms with Gasteiger partial charge in [0.15, 0.2) is 6.61 Å². The summed E-state index contributed by atoms with van der Waals surface area (Å²) in [5.74, 6) is 0.281. The van der Waals surface area contributed by atoms with Crippen LogP contribution in [0.25, 0.3) is 0 Å². The van der Waals surface area contributed by atoms with Crippen molar-refractivity contribution in [2.75, 3.05) is 18.5 Å². The van der Waals surface area contributed by atoms with Crippen molar-refractivity contribution in [3.05, 3.63) is 59.7 Å². The minimum Gasteiger partial charge on any atom is -0.484 e. The fourth-order valence-electron chi connectivity index (χ4n) is 2.13. The molecule has 2 rings (SSSR count). The van der Waals surface area contributed by atoms with E-state index in [1.54, 1.807) is 24.3 Å². The van der Waals surface area contributed by atoms with Crippen LogP contribution >= 0.6 is 0 Å². The second kappa shape index (κ2) is 8.72. The first-order valence-electron chi connectivity index (χ1n) is 8.02. The van der Waals surface area contributed by atoms with Gasteiger partial charge in [-0.2, -0.15) is 0 Å². The maximum atomic E-state index is 11.9. The molecular formula is C19H22N2O3. The molecule has 0 saturated carbocycles. The number of amides is 2. The van der Waals surface area contributed by atoms with E-state index in [-0.39, 0.29) is 18.4 Å². The normalized spacial score (nSPS) is 10.1. The summed E-state index contributed by atoms with van der Waals surface area (Å²) in [6.45, 7) is 4.46. The number of aryl methyl sites for hydroxylation is 1. The summed E-state index contributed by atoms with van der Waals surface area (Å²) in [7, 11) is 0. The van der Waals surface area contributed by atoms with E-state index in [2.05, 4.69) is 17.6 Å². The molecule has 126 valence electrons. The van der Waals surface area contributed by atoms with Crippen molar-refractivity contribution in [3.8, 4) is 5.75 Å². The Labute approximate surface area is 142 Å². The van der Waals surface area contributed by atoms with Gasteiger partial charge in [0.2, 0.25) is 0 Å². The highest BCUT2D eigenvalue weighted by atomic mass is 16.5. The number of anilines is 1. The Kier molecular flexibility index (Phi) is 6.37. The topological polar surface area (TPSA) is 67.4 Å². The van der Waals surface area contributed by atoms with Crippen LogP contribution in [0.3, 0.4) is 0 Å². The summed E-state index contributed by atoms with van der Waals surface area (Å²) in [5.41, 5.74) is 2.40. The third-order valence-corrected chi connectivity index (χ3v) is 3.47. The molecule has 0 radical (unpaired) electrons. The van der Waals surface area contributed by atoms with Crippen molar-refractivity contribution in [1.29, 1.82) is 0 Å². The molecule has 0 aliphatic carbocycles. The number of ether oxygens (including phenoxy) is 1. The van der Waals surface area contributed by atoms with E-state index < -0.39 is 0 Å².